The highest BCUT2D eigenvalue weighted by molar-refractivity contribution is 6.90. The van der Waals surface area contributed by atoms with Crippen LogP contribution in [0.2, 0.25) is 19.6 Å². The van der Waals surface area contributed by atoms with Gasteiger partial charge in [0.05, 0.1) is 13.6 Å². The topological polar surface area (TPSA) is 17.0 Å². The Bertz CT molecular complexity index is 1600. The summed E-state index contributed by atoms with van der Waals surface area (Å²) >= 11 is 0. The van der Waals surface area contributed by atoms with Crippen LogP contribution >= 0.6 is 0 Å². The normalized spacial score (nSPS) is 15.1. The summed E-state index contributed by atoms with van der Waals surface area (Å²) in [4.78, 5) is 0. The Hall–Kier alpha value is -3.17. The molecular formula is C34H38NOSi+. The van der Waals surface area contributed by atoms with Crippen molar-refractivity contribution < 1.29 is 8.98 Å². The molecule has 0 bridgehead atoms. The molecule has 1 saturated carbocycles. The van der Waals surface area contributed by atoms with Crippen LogP contribution in [0.5, 0.6) is 0 Å². The molecule has 0 unspecified atom stereocenters. The van der Waals surface area contributed by atoms with Crippen molar-refractivity contribution in [3.8, 4) is 22.4 Å². The minimum Gasteiger partial charge on any atom is -0.455 e. The van der Waals surface area contributed by atoms with Gasteiger partial charge in [0.1, 0.15) is 18.2 Å². The number of rotatable bonds is 4. The first-order valence-corrected chi connectivity index (χ1v) is 17.4. The first-order valence-electron chi connectivity index (χ1n) is 13.9. The van der Waals surface area contributed by atoms with E-state index in [1.807, 2.05) is 0 Å². The summed E-state index contributed by atoms with van der Waals surface area (Å²) in [6.45, 7) is 9.51. The molecule has 1 aliphatic carbocycles. The van der Waals surface area contributed by atoms with Crippen LogP contribution in [-0.4, -0.2) is 8.07 Å². The van der Waals surface area contributed by atoms with Gasteiger partial charge in [0.15, 0.2) is 6.20 Å². The molecule has 3 aromatic carbocycles. The van der Waals surface area contributed by atoms with Gasteiger partial charge in [0.2, 0.25) is 5.69 Å². The van der Waals surface area contributed by atoms with E-state index in [4.69, 9.17) is 4.42 Å². The molecule has 0 radical (unpaired) electrons. The van der Waals surface area contributed by atoms with Gasteiger partial charge in [-0.15, -0.1) is 0 Å². The highest BCUT2D eigenvalue weighted by Crippen LogP contribution is 2.41. The number of aryl methyl sites for hydroxylation is 2. The molecule has 37 heavy (non-hydrogen) atoms. The molecule has 0 saturated heterocycles. The van der Waals surface area contributed by atoms with Crippen LogP contribution in [-0.2, 0) is 7.05 Å². The zero-order valence-electron chi connectivity index (χ0n) is 22.9. The molecule has 2 aromatic heterocycles. The van der Waals surface area contributed by atoms with Gasteiger partial charge >= 0.3 is 0 Å². The van der Waals surface area contributed by atoms with Gasteiger partial charge in [-0.25, -0.2) is 4.57 Å². The lowest BCUT2D eigenvalue weighted by Gasteiger charge is -2.23. The lowest BCUT2D eigenvalue weighted by Crippen LogP contribution is -2.39. The summed E-state index contributed by atoms with van der Waals surface area (Å²) < 4.78 is 9.14. The molecule has 1 aliphatic rings. The molecule has 0 N–H and O–H groups in total. The Kier molecular flexibility index (Phi) is 6.07. The number of hydrogen-bond acceptors (Lipinski definition) is 1. The van der Waals surface area contributed by atoms with Crippen molar-refractivity contribution in [2.75, 3.05) is 0 Å². The molecule has 0 spiro atoms. The minimum atomic E-state index is -1.63. The second-order valence-corrected chi connectivity index (χ2v) is 17.0. The number of pyridine rings is 1. The molecule has 0 atom stereocenters. The highest BCUT2D eigenvalue weighted by atomic mass is 28.3. The van der Waals surface area contributed by atoms with Gasteiger partial charge in [-0.2, -0.15) is 0 Å². The third-order valence-electron chi connectivity index (χ3n) is 8.41. The van der Waals surface area contributed by atoms with E-state index in [1.165, 1.54) is 81.6 Å². The second kappa shape index (κ2) is 9.29. The predicted octanol–water partition coefficient (Wildman–Crippen LogP) is 8.65. The van der Waals surface area contributed by atoms with Gasteiger partial charge in [0.25, 0.3) is 0 Å². The predicted molar refractivity (Wildman–Crippen MR) is 159 cm³/mol. The number of nitrogens with zero attached hydrogens (tertiary/aromatic N) is 1. The van der Waals surface area contributed by atoms with Gasteiger partial charge in [-0.3, -0.25) is 0 Å². The minimum absolute atomic E-state index is 0.721. The molecule has 3 heteroatoms. The average molecular weight is 505 g/mol. The van der Waals surface area contributed by atoms with Gasteiger partial charge in [0, 0.05) is 28.5 Å². The lowest BCUT2D eigenvalue weighted by molar-refractivity contribution is -0.660. The molecular weight excluding hydrogens is 466 g/mol. The Labute approximate surface area is 222 Å². The maximum absolute atomic E-state index is 6.95. The van der Waals surface area contributed by atoms with Gasteiger partial charge < -0.3 is 4.42 Å². The van der Waals surface area contributed by atoms with E-state index in [0.29, 0.717) is 0 Å². The van der Waals surface area contributed by atoms with Crippen LogP contribution in [0, 0.1) is 6.92 Å². The quantitative estimate of drug-likeness (QED) is 0.177. The largest absolute Gasteiger partial charge is 0.455 e. The average Bonchev–Trinajstić information content (AvgIpc) is 3.27. The third-order valence-corrected chi connectivity index (χ3v) is 10.4. The Balaban J connectivity index is 1.60. The zero-order chi connectivity index (χ0) is 25.7. The van der Waals surface area contributed by atoms with Gasteiger partial charge in [-0.05, 0) is 53.6 Å². The SMILES string of the molecule is Cc1ccc2c(oc3c(-c4ccc(C5CCCCC5)cc4)c([Si](C)(C)C)ccc32)c1-c1cccc[n+]1C. The lowest BCUT2D eigenvalue weighted by atomic mass is 9.83. The Morgan fingerprint density at radius 3 is 2.11 bits per heavy atom. The van der Waals surface area contributed by atoms with E-state index in [-0.39, 0.29) is 0 Å². The molecule has 6 rings (SSSR count). The van der Waals surface area contributed by atoms with Crippen molar-refractivity contribution in [3.05, 3.63) is 84.1 Å². The second-order valence-electron chi connectivity index (χ2n) is 12.0. The fourth-order valence-electron chi connectivity index (χ4n) is 6.37. The monoisotopic (exact) mass is 504 g/mol. The van der Waals surface area contributed by atoms with E-state index in [1.54, 1.807) is 0 Å². The number of hydrogen-bond donors (Lipinski definition) is 0. The summed E-state index contributed by atoms with van der Waals surface area (Å²) in [6, 6.07) is 25.0. The van der Waals surface area contributed by atoms with E-state index < -0.39 is 8.07 Å². The van der Waals surface area contributed by atoms with E-state index >= 15 is 0 Å². The first-order chi connectivity index (χ1) is 17.8. The maximum atomic E-state index is 6.95. The van der Waals surface area contributed by atoms with Crippen LogP contribution in [0.4, 0.5) is 0 Å². The van der Waals surface area contributed by atoms with E-state index in [2.05, 4.69) is 111 Å². The number of benzene rings is 3. The van der Waals surface area contributed by atoms with Crippen LogP contribution in [0.25, 0.3) is 44.3 Å². The van der Waals surface area contributed by atoms with Crippen molar-refractivity contribution in [3.63, 3.8) is 0 Å². The van der Waals surface area contributed by atoms with Crippen LogP contribution in [0.15, 0.2) is 77.3 Å². The maximum Gasteiger partial charge on any atom is 0.216 e. The Morgan fingerprint density at radius 1 is 0.757 bits per heavy atom. The Morgan fingerprint density at radius 2 is 1.43 bits per heavy atom. The smallest absolute Gasteiger partial charge is 0.216 e. The molecule has 2 heterocycles. The van der Waals surface area contributed by atoms with Crippen molar-refractivity contribution >= 4 is 35.2 Å². The molecule has 5 aromatic rings. The first kappa shape index (κ1) is 24.2. The van der Waals surface area contributed by atoms with Crippen molar-refractivity contribution in [1.82, 2.24) is 0 Å². The molecule has 1 fully saturated rings. The molecule has 0 aliphatic heterocycles. The summed E-state index contributed by atoms with van der Waals surface area (Å²) in [5, 5.41) is 3.87. The summed E-state index contributed by atoms with van der Waals surface area (Å²) in [5.41, 5.74) is 9.70. The summed E-state index contributed by atoms with van der Waals surface area (Å²) in [5.74, 6) is 0.721. The summed E-state index contributed by atoms with van der Waals surface area (Å²) in [6.07, 6.45) is 8.90. The highest BCUT2D eigenvalue weighted by Gasteiger charge is 2.27. The standard InChI is InChI=1S/C34H38NOSi/c1-23-14-19-27-28-20-21-30(37(3,4)5)32(26-17-15-25(16-18-26)24-11-7-6-8-12-24)34(28)36-33(27)31(23)29-13-9-10-22-35(29)2/h9-10,13-22,24H,6-8,11-12H2,1-5H3/q+1. The molecule has 188 valence electrons. The van der Waals surface area contributed by atoms with Crippen LogP contribution in [0.1, 0.15) is 49.1 Å². The fraction of sp³-hybridized carbons (Fsp3) is 0.324. The zero-order valence-corrected chi connectivity index (χ0v) is 23.9. The van der Waals surface area contributed by atoms with Crippen LogP contribution in [0.3, 0.4) is 0 Å². The third kappa shape index (κ3) is 4.23. The van der Waals surface area contributed by atoms with Crippen molar-refractivity contribution in [2.24, 2.45) is 7.05 Å². The number of fused-ring (bicyclic) bond motifs is 3. The summed E-state index contributed by atoms with van der Waals surface area (Å²) in [7, 11) is 0.476. The van der Waals surface area contributed by atoms with E-state index in [9.17, 15) is 0 Å². The number of furan rings is 1. The number of aromatic nitrogens is 1. The van der Waals surface area contributed by atoms with Crippen molar-refractivity contribution in [2.45, 2.75) is 64.6 Å². The fourth-order valence-corrected chi connectivity index (χ4v) is 7.96. The van der Waals surface area contributed by atoms with Gasteiger partial charge in [-0.1, -0.05) is 87.4 Å². The molecule has 2 nitrogen and oxygen atoms in total. The van der Waals surface area contributed by atoms with Crippen molar-refractivity contribution in [1.29, 1.82) is 0 Å². The van der Waals surface area contributed by atoms with E-state index in [0.717, 1.165) is 17.1 Å². The molecule has 0 amide bonds. The van der Waals surface area contributed by atoms with Crippen LogP contribution < -0.4 is 9.75 Å².